The maximum Gasteiger partial charge on any atom is 0.277 e. The smallest absolute Gasteiger partial charge is 0.277 e. The highest BCUT2D eigenvalue weighted by atomic mass is 16.6. The molecular weight excluding hydrogens is 370 g/mol. The summed E-state index contributed by atoms with van der Waals surface area (Å²) in [6, 6.07) is 21.9. The monoisotopic (exact) mass is 389 g/mol. The molecule has 7 heteroatoms. The van der Waals surface area contributed by atoms with Crippen molar-refractivity contribution in [2.45, 2.75) is 6.92 Å². The number of nitro groups is 1. The minimum absolute atomic E-state index is 0.00105. The lowest BCUT2D eigenvalue weighted by molar-refractivity contribution is -0.385. The first-order valence-electron chi connectivity index (χ1n) is 8.89. The lowest BCUT2D eigenvalue weighted by Gasteiger charge is -2.10. The highest BCUT2D eigenvalue weighted by Crippen LogP contribution is 2.29. The molecule has 7 nitrogen and oxygen atoms in total. The predicted octanol–water partition coefficient (Wildman–Crippen LogP) is 4.10. The summed E-state index contributed by atoms with van der Waals surface area (Å²) >= 11 is 0. The van der Waals surface area contributed by atoms with Gasteiger partial charge < -0.3 is 4.74 Å². The normalized spacial score (nSPS) is 10.7. The highest BCUT2D eigenvalue weighted by Gasteiger charge is 2.10. The first kappa shape index (κ1) is 19.8. The van der Waals surface area contributed by atoms with Crippen LogP contribution < -0.4 is 10.2 Å². The van der Waals surface area contributed by atoms with Gasteiger partial charge in [-0.2, -0.15) is 5.10 Å². The molecule has 1 N–H and O–H groups in total. The summed E-state index contributed by atoms with van der Waals surface area (Å²) in [6.45, 7) is 1.45. The fourth-order valence-electron chi connectivity index (χ4n) is 2.71. The summed E-state index contributed by atoms with van der Waals surface area (Å²) in [5, 5.41) is 14.8. The quantitative estimate of drug-likeness (QED) is 0.374. The minimum atomic E-state index is -0.455. The second-order valence-corrected chi connectivity index (χ2v) is 6.25. The van der Waals surface area contributed by atoms with Gasteiger partial charge in [-0.25, -0.2) is 5.43 Å². The first-order chi connectivity index (χ1) is 14.0. The molecule has 0 spiro atoms. The Bertz CT molecular complexity index is 1050. The van der Waals surface area contributed by atoms with E-state index in [0.717, 1.165) is 11.1 Å². The molecule has 0 unspecified atom stereocenters. The van der Waals surface area contributed by atoms with E-state index in [9.17, 15) is 14.9 Å². The number of para-hydroxylation sites is 1. The number of benzene rings is 3. The molecule has 0 atom stereocenters. The van der Waals surface area contributed by atoms with Crippen LogP contribution in [0.3, 0.4) is 0 Å². The van der Waals surface area contributed by atoms with E-state index in [1.807, 2.05) is 48.5 Å². The van der Waals surface area contributed by atoms with E-state index in [4.69, 9.17) is 4.74 Å². The van der Waals surface area contributed by atoms with Crippen LogP contribution in [-0.4, -0.2) is 23.7 Å². The number of nitro benzene ring substituents is 1. The van der Waals surface area contributed by atoms with Gasteiger partial charge in [-0.15, -0.1) is 0 Å². The highest BCUT2D eigenvalue weighted by molar-refractivity contribution is 5.84. The third-order valence-corrected chi connectivity index (χ3v) is 4.16. The Morgan fingerprint density at radius 3 is 2.59 bits per heavy atom. The second kappa shape index (κ2) is 9.27. The van der Waals surface area contributed by atoms with Crippen LogP contribution in [0.2, 0.25) is 0 Å². The van der Waals surface area contributed by atoms with E-state index in [1.54, 1.807) is 25.1 Å². The Morgan fingerprint density at radius 1 is 1.10 bits per heavy atom. The van der Waals surface area contributed by atoms with Crippen LogP contribution >= 0.6 is 0 Å². The topological polar surface area (TPSA) is 93.8 Å². The van der Waals surface area contributed by atoms with Crippen molar-refractivity contribution >= 4 is 17.8 Å². The SMILES string of the molecule is Cc1ccc(/C=N\NC(=O)COc2ccccc2-c2ccccc2)cc1[N+](=O)[O-]. The van der Waals surface area contributed by atoms with Crippen molar-refractivity contribution in [1.82, 2.24) is 5.43 Å². The van der Waals surface area contributed by atoms with Gasteiger partial charge in [0.15, 0.2) is 6.61 Å². The molecule has 3 aromatic rings. The fraction of sp³-hybridized carbons (Fsp3) is 0.0909. The van der Waals surface area contributed by atoms with Crippen molar-refractivity contribution in [3.8, 4) is 16.9 Å². The van der Waals surface area contributed by atoms with Gasteiger partial charge in [0.2, 0.25) is 0 Å². The number of nitrogens with zero attached hydrogens (tertiary/aromatic N) is 2. The van der Waals surface area contributed by atoms with Gasteiger partial charge in [0.05, 0.1) is 11.1 Å². The molecule has 0 aliphatic carbocycles. The third-order valence-electron chi connectivity index (χ3n) is 4.16. The molecule has 146 valence electrons. The average Bonchev–Trinajstić information content (AvgIpc) is 2.74. The summed E-state index contributed by atoms with van der Waals surface area (Å²) in [4.78, 5) is 22.6. The number of hydrogen-bond donors (Lipinski definition) is 1. The number of hydrogen-bond acceptors (Lipinski definition) is 5. The number of carbonyl (C=O) groups is 1. The fourth-order valence-corrected chi connectivity index (χ4v) is 2.71. The number of amides is 1. The standard InChI is InChI=1S/C22H19N3O4/c1-16-11-12-17(13-20(16)25(27)28)14-23-24-22(26)15-29-21-10-6-5-9-19(21)18-7-3-2-4-8-18/h2-14H,15H2,1H3,(H,24,26)/b23-14-. The second-order valence-electron chi connectivity index (χ2n) is 6.25. The Morgan fingerprint density at radius 2 is 1.83 bits per heavy atom. The van der Waals surface area contributed by atoms with E-state index >= 15 is 0 Å². The molecule has 0 saturated heterocycles. The van der Waals surface area contributed by atoms with E-state index in [0.29, 0.717) is 16.9 Å². The third kappa shape index (κ3) is 5.26. The van der Waals surface area contributed by atoms with Gasteiger partial charge in [0.1, 0.15) is 5.75 Å². The summed E-state index contributed by atoms with van der Waals surface area (Å²) in [7, 11) is 0. The Balaban J connectivity index is 1.60. The van der Waals surface area contributed by atoms with Gasteiger partial charge in [-0.3, -0.25) is 14.9 Å². The Hall–Kier alpha value is -4.00. The summed E-state index contributed by atoms with van der Waals surface area (Å²) in [5.41, 5.74) is 5.30. The summed E-state index contributed by atoms with van der Waals surface area (Å²) in [6.07, 6.45) is 1.35. The number of nitrogens with one attached hydrogen (secondary N) is 1. The zero-order valence-electron chi connectivity index (χ0n) is 15.7. The molecule has 0 aliphatic rings. The maximum atomic E-state index is 12.0. The summed E-state index contributed by atoms with van der Waals surface area (Å²) in [5.74, 6) is 0.151. The lowest BCUT2D eigenvalue weighted by Crippen LogP contribution is -2.24. The number of hydrazone groups is 1. The van der Waals surface area contributed by atoms with Crippen molar-refractivity contribution in [3.63, 3.8) is 0 Å². The zero-order chi connectivity index (χ0) is 20.6. The van der Waals surface area contributed by atoms with Gasteiger partial charge in [0, 0.05) is 22.8 Å². The largest absolute Gasteiger partial charge is 0.483 e. The lowest BCUT2D eigenvalue weighted by atomic mass is 10.1. The maximum absolute atomic E-state index is 12.0. The number of carbonyl (C=O) groups excluding carboxylic acids is 1. The Kier molecular flexibility index (Phi) is 6.32. The van der Waals surface area contributed by atoms with Crippen molar-refractivity contribution in [1.29, 1.82) is 0 Å². The van der Waals surface area contributed by atoms with Gasteiger partial charge in [-0.1, -0.05) is 60.7 Å². The van der Waals surface area contributed by atoms with Gasteiger partial charge >= 0.3 is 0 Å². The molecule has 3 aromatic carbocycles. The van der Waals surface area contributed by atoms with Crippen molar-refractivity contribution in [3.05, 3.63) is 94.0 Å². The molecule has 0 aromatic heterocycles. The molecule has 0 fully saturated rings. The van der Waals surface area contributed by atoms with Crippen LogP contribution in [0, 0.1) is 17.0 Å². The molecule has 0 aliphatic heterocycles. The van der Waals surface area contributed by atoms with Crippen molar-refractivity contribution in [2.24, 2.45) is 5.10 Å². The molecule has 1 amide bonds. The van der Waals surface area contributed by atoms with E-state index in [2.05, 4.69) is 10.5 Å². The van der Waals surface area contributed by atoms with Crippen LogP contribution in [0.5, 0.6) is 5.75 Å². The van der Waals surface area contributed by atoms with Gasteiger partial charge in [-0.05, 0) is 18.6 Å². The number of aryl methyl sites for hydroxylation is 1. The molecule has 29 heavy (non-hydrogen) atoms. The molecule has 3 rings (SSSR count). The van der Waals surface area contributed by atoms with Crippen LogP contribution in [0.1, 0.15) is 11.1 Å². The average molecular weight is 389 g/mol. The van der Waals surface area contributed by atoms with Gasteiger partial charge in [0.25, 0.3) is 11.6 Å². The minimum Gasteiger partial charge on any atom is -0.483 e. The summed E-state index contributed by atoms with van der Waals surface area (Å²) < 4.78 is 5.65. The van der Waals surface area contributed by atoms with Crippen molar-refractivity contribution < 1.29 is 14.5 Å². The van der Waals surface area contributed by atoms with E-state index < -0.39 is 10.8 Å². The van der Waals surface area contributed by atoms with Crippen LogP contribution in [0.4, 0.5) is 5.69 Å². The molecule has 0 heterocycles. The van der Waals surface area contributed by atoms with Crippen LogP contribution in [0.25, 0.3) is 11.1 Å². The van der Waals surface area contributed by atoms with Crippen LogP contribution in [-0.2, 0) is 4.79 Å². The number of ether oxygens (including phenoxy) is 1. The molecular formula is C22H19N3O4. The number of rotatable bonds is 7. The zero-order valence-corrected chi connectivity index (χ0v) is 15.7. The van der Waals surface area contributed by atoms with E-state index in [1.165, 1.54) is 12.3 Å². The Labute approximate surface area is 167 Å². The first-order valence-corrected chi connectivity index (χ1v) is 8.89. The van der Waals surface area contributed by atoms with Crippen LogP contribution in [0.15, 0.2) is 77.9 Å². The van der Waals surface area contributed by atoms with Crippen molar-refractivity contribution in [2.75, 3.05) is 6.61 Å². The van der Waals surface area contributed by atoms with E-state index in [-0.39, 0.29) is 12.3 Å². The predicted molar refractivity (Wildman–Crippen MR) is 111 cm³/mol. The molecule has 0 radical (unpaired) electrons. The molecule has 0 saturated carbocycles. The molecule has 0 bridgehead atoms.